The van der Waals surface area contributed by atoms with E-state index in [-0.39, 0.29) is 6.61 Å². The maximum atomic E-state index is 8.83. The van der Waals surface area contributed by atoms with Crippen LogP contribution in [0.5, 0.6) is 0 Å². The molecule has 5 nitrogen and oxygen atoms in total. The number of hydrogen-bond acceptors (Lipinski definition) is 3. The molecule has 2 N–H and O–H groups in total. The molecule has 2 heterocycles. The molecule has 0 unspecified atom stereocenters. The van der Waals surface area contributed by atoms with Gasteiger partial charge in [-0.2, -0.15) is 0 Å². The van der Waals surface area contributed by atoms with Gasteiger partial charge in [-0.1, -0.05) is 28.4 Å². The van der Waals surface area contributed by atoms with Crippen LogP contribution < -0.4 is 0 Å². The number of aryl methyl sites for hydroxylation is 4. The van der Waals surface area contributed by atoms with Gasteiger partial charge in [0.05, 0.1) is 10.7 Å². The molecule has 0 saturated heterocycles. The van der Waals surface area contributed by atoms with Gasteiger partial charge in [0.2, 0.25) is 0 Å². The molecule has 0 aliphatic carbocycles. The minimum Gasteiger partial charge on any atom is -0.396 e. The molecule has 2 aromatic heterocycles. The van der Waals surface area contributed by atoms with E-state index in [0.29, 0.717) is 10.0 Å². The van der Waals surface area contributed by atoms with E-state index in [1.807, 2.05) is 23.9 Å². The Morgan fingerprint density at radius 3 is 2.83 bits per heavy atom. The van der Waals surface area contributed by atoms with Gasteiger partial charge in [0, 0.05) is 41.0 Å². The van der Waals surface area contributed by atoms with Crippen LogP contribution in [-0.2, 0) is 19.4 Å². The standard InChI is InChI=1S/C17H20Cl2N4O/c1-11-14(17-15(19)8-12(18)9-16(17)20-11)5-6-23-10-13(21-22-23)4-2-3-7-24/h8-10,20,24H,2-7H2,1H3. The van der Waals surface area contributed by atoms with Crippen molar-refractivity contribution in [3.8, 4) is 0 Å². The SMILES string of the molecule is Cc1[nH]c2cc(Cl)cc(Cl)c2c1CCn1cc(CCCCO)nn1. The van der Waals surface area contributed by atoms with E-state index in [1.165, 1.54) is 5.56 Å². The molecular weight excluding hydrogens is 347 g/mol. The molecule has 0 radical (unpaired) electrons. The maximum absolute atomic E-state index is 8.83. The molecule has 0 aliphatic rings. The van der Waals surface area contributed by atoms with Crippen LogP contribution in [0.15, 0.2) is 18.3 Å². The fraction of sp³-hybridized carbons (Fsp3) is 0.412. The first-order chi connectivity index (χ1) is 11.6. The average Bonchev–Trinajstić information content (AvgIpc) is 3.09. The summed E-state index contributed by atoms with van der Waals surface area (Å²) in [5.74, 6) is 0. The van der Waals surface area contributed by atoms with E-state index in [2.05, 4.69) is 15.3 Å². The number of aliphatic hydroxyl groups excluding tert-OH is 1. The van der Waals surface area contributed by atoms with Gasteiger partial charge in [0.15, 0.2) is 0 Å². The number of aromatic amines is 1. The highest BCUT2D eigenvalue weighted by Crippen LogP contribution is 2.32. The molecule has 0 aliphatic heterocycles. The van der Waals surface area contributed by atoms with E-state index < -0.39 is 0 Å². The number of H-pyrrole nitrogens is 1. The number of rotatable bonds is 7. The second-order valence-corrected chi connectivity index (χ2v) is 6.79. The quantitative estimate of drug-likeness (QED) is 0.622. The van der Waals surface area contributed by atoms with Crippen molar-refractivity contribution in [3.63, 3.8) is 0 Å². The normalized spacial score (nSPS) is 11.5. The van der Waals surface area contributed by atoms with Crippen LogP contribution in [0, 0.1) is 6.92 Å². The Morgan fingerprint density at radius 2 is 2.04 bits per heavy atom. The predicted octanol–water partition coefficient (Wildman–Crippen LogP) is 3.93. The number of unbranched alkanes of at least 4 members (excludes halogenated alkanes) is 1. The minimum absolute atomic E-state index is 0.221. The molecule has 128 valence electrons. The van der Waals surface area contributed by atoms with Crippen molar-refractivity contribution in [1.29, 1.82) is 0 Å². The molecule has 0 fully saturated rings. The summed E-state index contributed by atoms with van der Waals surface area (Å²) in [6.45, 7) is 3.00. The fourth-order valence-corrected chi connectivity index (χ4v) is 3.57. The molecule has 1 aromatic carbocycles. The third-order valence-corrected chi connectivity index (χ3v) is 4.67. The number of halogens is 2. The Hall–Kier alpha value is -1.56. The van der Waals surface area contributed by atoms with Crippen LogP contribution in [0.2, 0.25) is 10.0 Å². The van der Waals surface area contributed by atoms with Crippen molar-refractivity contribution in [2.75, 3.05) is 6.61 Å². The zero-order valence-corrected chi connectivity index (χ0v) is 15.0. The molecule has 0 bridgehead atoms. The van der Waals surface area contributed by atoms with Crippen molar-refractivity contribution in [3.05, 3.63) is 45.3 Å². The highest BCUT2D eigenvalue weighted by molar-refractivity contribution is 6.38. The summed E-state index contributed by atoms with van der Waals surface area (Å²) in [5.41, 5.74) is 4.20. The van der Waals surface area contributed by atoms with E-state index in [0.717, 1.165) is 54.5 Å². The van der Waals surface area contributed by atoms with Gasteiger partial charge in [0.1, 0.15) is 0 Å². The lowest BCUT2D eigenvalue weighted by atomic mass is 10.1. The first-order valence-electron chi connectivity index (χ1n) is 8.04. The molecule has 7 heteroatoms. The van der Waals surface area contributed by atoms with Crippen molar-refractivity contribution >= 4 is 34.1 Å². The van der Waals surface area contributed by atoms with Crippen molar-refractivity contribution in [2.24, 2.45) is 0 Å². The van der Waals surface area contributed by atoms with E-state index in [4.69, 9.17) is 28.3 Å². The largest absolute Gasteiger partial charge is 0.396 e. The molecule has 0 saturated carbocycles. The van der Waals surface area contributed by atoms with Gasteiger partial charge in [-0.05, 0) is 50.3 Å². The second kappa shape index (κ2) is 7.55. The zero-order chi connectivity index (χ0) is 17.1. The lowest BCUT2D eigenvalue weighted by Gasteiger charge is -2.03. The monoisotopic (exact) mass is 366 g/mol. The van der Waals surface area contributed by atoms with Crippen molar-refractivity contribution < 1.29 is 5.11 Å². The number of fused-ring (bicyclic) bond motifs is 1. The summed E-state index contributed by atoms with van der Waals surface area (Å²) in [4.78, 5) is 3.35. The molecule has 0 atom stereocenters. The summed E-state index contributed by atoms with van der Waals surface area (Å²) >= 11 is 12.4. The Morgan fingerprint density at radius 1 is 1.21 bits per heavy atom. The van der Waals surface area contributed by atoms with Crippen LogP contribution in [-0.4, -0.2) is 31.7 Å². The molecule has 0 amide bonds. The molecule has 3 rings (SSSR count). The average molecular weight is 367 g/mol. The van der Waals surface area contributed by atoms with E-state index in [1.54, 1.807) is 6.07 Å². The lowest BCUT2D eigenvalue weighted by Crippen LogP contribution is -2.02. The van der Waals surface area contributed by atoms with Crippen LogP contribution in [0.3, 0.4) is 0 Å². The first kappa shape index (κ1) is 17.3. The van der Waals surface area contributed by atoms with Gasteiger partial charge < -0.3 is 10.1 Å². The Balaban J connectivity index is 1.73. The van der Waals surface area contributed by atoms with Gasteiger partial charge in [-0.15, -0.1) is 5.10 Å². The van der Waals surface area contributed by atoms with E-state index >= 15 is 0 Å². The van der Waals surface area contributed by atoms with Crippen LogP contribution in [0.4, 0.5) is 0 Å². The predicted molar refractivity (Wildman–Crippen MR) is 96.8 cm³/mol. The van der Waals surface area contributed by atoms with Gasteiger partial charge >= 0.3 is 0 Å². The summed E-state index contributed by atoms with van der Waals surface area (Å²) in [5, 5.41) is 19.5. The third kappa shape index (κ3) is 3.74. The third-order valence-electron chi connectivity index (χ3n) is 4.15. The Labute approximate surface area is 150 Å². The van der Waals surface area contributed by atoms with Crippen LogP contribution in [0.25, 0.3) is 10.9 Å². The van der Waals surface area contributed by atoms with Gasteiger partial charge in [-0.25, -0.2) is 0 Å². The number of hydrogen-bond donors (Lipinski definition) is 2. The summed E-state index contributed by atoms with van der Waals surface area (Å²) < 4.78 is 1.86. The van der Waals surface area contributed by atoms with Gasteiger partial charge in [0.25, 0.3) is 0 Å². The Kier molecular flexibility index (Phi) is 5.43. The number of aliphatic hydroxyl groups is 1. The summed E-state index contributed by atoms with van der Waals surface area (Å²) in [6.07, 6.45) is 5.35. The molecule has 24 heavy (non-hydrogen) atoms. The minimum atomic E-state index is 0.221. The van der Waals surface area contributed by atoms with Crippen LogP contribution in [0.1, 0.15) is 29.8 Å². The van der Waals surface area contributed by atoms with Gasteiger partial charge in [-0.3, -0.25) is 4.68 Å². The maximum Gasteiger partial charge on any atom is 0.0827 e. The lowest BCUT2D eigenvalue weighted by molar-refractivity contribution is 0.284. The van der Waals surface area contributed by atoms with E-state index in [9.17, 15) is 0 Å². The summed E-state index contributed by atoms with van der Waals surface area (Å²) in [6, 6.07) is 3.67. The van der Waals surface area contributed by atoms with Crippen molar-refractivity contribution in [1.82, 2.24) is 20.0 Å². The second-order valence-electron chi connectivity index (χ2n) is 5.94. The highest BCUT2D eigenvalue weighted by atomic mass is 35.5. The number of nitrogens with zero attached hydrogens (tertiary/aromatic N) is 3. The summed E-state index contributed by atoms with van der Waals surface area (Å²) in [7, 11) is 0. The molecular formula is C17H20Cl2N4O. The number of benzene rings is 1. The molecule has 3 aromatic rings. The zero-order valence-electron chi connectivity index (χ0n) is 13.5. The smallest absolute Gasteiger partial charge is 0.0827 e. The molecule has 0 spiro atoms. The van der Waals surface area contributed by atoms with Crippen molar-refractivity contribution in [2.45, 2.75) is 39.2 Å². The Bertz CT molecular complexity index is 841. The van der Waals surface area contributed by atoms with Crippen LogP contribution >= 0.6 is 23.2 Å². The topological polar surface area (TPSA) is 66.7 Å². The number of aromatic nitrogens is 4. The number of nitrogens with one attached hydrogen (secondary N) is 1. The first-order valence-corrected chi connectivity index (χ1v) is 8.80. The highest BCUT2D eigenvalue weighted by Gasteiger charge is 2.13. The fourth-order valence-electron chi connectivity index (χ4n) is 2.96.